The second-order valence-electron chi connectivity index (χ2n) is 7.14. The van der Waals surface area contributed by atoms with Crippen LogP contribution >= 0.6 is 12.4 Å². The highest BCUT2D eigenvalue weighted by Gasteiger charge is 2.42. The molecule has 0 aliphatic carbocycles. The minimum atomic E-state index is -3.54. The van der Waals surface area contributed by atoms with Crippen LogP contribution in [0.2, 0.25) is 0 Å². The van der Waals surface area contributed by atoms with Gasteiger partial charge in [0, 0.05) is 37.3 Å². The molecular weight excluding hydrogens is 390 g/mol. The predicted molar refractivity (Wildman–Crippen MR) is 104 cm³/mol. The number of carbonyl (C=O) groups excluding carboxylic acids is 1. The van der Waals surface area contributed by atoms with Gasteiger partial charge in [0.05, 0.1) is 18.1 Å². The molecule has 3 fully saturated rings. The van der Waals surface area contributed by atoms with Gasteiger partial charge in [0.2, 0.25) is 10.0 Å². The van der Waals surface area contributed by atoms with Gasteiger partial charge in [-0.1, -0.05) is 0 Å². The van der Waals surface area contributed by atoms with E-state index in [0.29, 0.717) is 38.4 Å². The molecule has 150 valence electrons. The van der Waals surface area contributed by atoms with Gasteiger partial charge in [-0.05, 0) is 50.1 Å². The average molecular weight is 416 g/mol. The Morgan fingerprint density at radius 1 is 1.04 bits per heavy atom. The molecule has 1 amide bonds. The lowest BCUT2D eigenvalue weighted by atomic mass is 10.1. The number of benzene rings is 1. The van der Waals surface area contributed by atoms with E-state index in [-0.39, 0.29) is 35.3 Å². The average Bonchev–Trinajstić information content (AvgIpc) is 2.95. The Labute approximate surface area is 166 Å². The summed E-state index contributed by atoms with van der Waals surface area (Å²) in [5.41, 5.74) is 0.520. The summed E-state index contributed by atoms with van der Waals surface area (Å²) < 4.78 is 33.3. The minimum Gasteiger partial charge on any atom is -0.378 e. The fourth-order valence-electron chi connectivity index (χ4n) is 4.17. The molecule has 1 aromatic rings. The fraction of sp³-hybridized carbons (Fsp3) is 0.611. The van der Waals surface area contributed by atoms with Crippen LogP contribution in [0.15, 0.2) is 29.2 Å². The van der Waals surface area contributed by atoms with Crippen LogP contribution in [-0.2, 0) is 14.8 Å². The summed E-state index contributed by atoms with van der Waals surface area (Å²) in [5, 5.41) is 3.33. The van der Waals surface area contributed by atoms with E-state index in [1.54, 1.807) is 33.5 Å². The van der Waals surface area contributed by atoms with Crippen molar-refractivity contribution >= 4 is 28.3 Å². The van der Waals surface area contributed by atoms with Crippen LogP contribution < -0.4 is 5.32 Å². The third kappa shape index (κ3) is 4.00. The summed E-state index contributed by atoms with van der Waals surface area (Å²) in [6.45, 7) is 3.81. The molecular formula is C18H26ClN3O4S. The number of halogens is 1. The minimum absolute atomic E-state index is 0. The van der Waals surface area contributed by atoms with Gasteiger partial charge < -0.3 is 15.0 Å². The first-order chi connectivity index (χ1) is 12.6. The van der Waals surface area contributed by atoms with Crippen molar-refractivity contribution in [3.05, 3.63) is 29.8 Å². The largest absolute Gasteiger partial charge is 0.378 e. The van der Waals surface area contributed by atoms with Crippen LogP contribution in [-0.4, -0.2) is 75.0 Å². The first kappa shape index (κ1) is 20.5. The number of hydrogen-bond acceptors (Lipinski definition) is 5. The molecule has 2 unspecified atom stereocenters. The number of nitrogens with one attached hydrogen (secondary N) is 1. The van der Waals surface area contributed by atoms with Crippen LogP contribution in [0.25, 0.3) is 0 Å². The van der Waals surface area contributed by atoms with Crippen molar-refractivity contribution in [3.63, 3.8) is 0 Å². The Balaban J connectivity index is 0.00000210. The summed E-state index contributed by atoms with van der Waals surface area (Å²) in [4.78, 5) is 14.5. The molecule has 3 aliphatic rings. The Morgan fingerprint density at radius 2 is 1.70 bits per heavy atom. The zero-order valence-electron chi connectivity index (χ0n) is 15.2. The van der Waals surface area contributed by atoms with Crippen molar-refractivity contribution in [2.24, 2.45) is 0 Å². The van der Waals surface area contributed by atoms with E-state index in [1.165, 1.54) is 0 Å². The van der Waals surface area contributed by atoms with Gasteiger partial charge in [-0.3, -0.25) is 4.79 Å². The highest BCUT2D eigenvalue weighted by molar-refractivity contribution is 7.89. The standard InChI is InChI=1S/C18H25N3O4S.ClH/c22-18(20-9-11-25-12-10-20)14-1-5-17(6-2-14)26(23,24)21-15-3-4-16(21)13-19-8-7-15;/h1-2,5-6,15-16,19H,3-4,7-13H2;1H. The Hall–Kier alpha value is -1.19. The van der Waals surface area contributed by atoms with Crippen LogP contribution in [0.3, 0.4) is 0 Å². The van der Waals surface area contributed by atoms with Crippen LogP contribution in [0.5, 0.6) is 0 Å². The summed E-state index contributed by atoms with van der Waals surface area (Å²) in [7, 11) is -3.54. The van der Waals surface area contributed by atoms with Gasteiger partial charge in [0.1, 0.15) is 0 Å². The molecule has 0 radical (unpaired) electrons. The number of morpholine rings is 1. The van der Waals surface area contributed by atoms with E-state index in [2.05, 4.69) is 5.32 Å². The van der Waals surface area contributed by atoms with Crippen molar-refractivity contribution in [1.29, 1.82) is 0 Å². The third-order valence-electron chi connectivity index (χ3n) is 5.56. The second-order valence-corrected chi connectivity index (χ2v) is 8.98. The Morgan fingerprint density at radius 3 is 2.41 bits per heavy atom. The molecule has 2 bridgehead atoms. The molecule has 7 nitrogen and oxygen atoms in total. The smallest absolute Gasteiger partial charge is 0.254 e. The van der Waals surface area contributed by atoms with Gasteiger partial charge in [-0.15, -0.1) is 12.4 Å². The molecule has 3 aliphatic heterocycles. The normalized spacial score (nSPS) is 26.3. The van der Waals surface area contributed by atoms with Crippen LogP contribution in [0, 0.1) is 0 Å². The number of rotatable bonds is 3. The van der Waals surface area contributed by atoms with Crippen molar-refractivity contribution in [2.45, 2.75) is 36.2 Å². The Bertz CT molecular complexity index is 751. The number of fused-ring (bicyclic) bond motifs is 2. The topological polar surface area (TPSA) is 79.0 Å². The molecule has 0 saturated carbocycles. The third-order valence-corrected chi connectivity index (χ3v) is 7.58. The molecule has 4 rings (SSSR count). The van der Waals surface area contributed by atoms with E-state index in [1.807, 2.05) is 0 Å². The fourth-order valence-corrected chi connectivity index (χ4v) is 6.07. The van der Waals surface area contributed by atoms with E-state index in [0.717, 1.165) is 25.8 Å². The number of amides is 1. The zero-order valence-corrected chi connectivity index (χ0v) is 16.8. The van der Waals surface area contributed by atoms with Crippen molar-refractivity contribution in [2.75, 3.05) is 39.4 Å². The van der Waals surface area contributed by atoms with Gasteiger partial charge in [-0.2, -0.15) is 4.31 Å². The number of hydrogen-bond donors (Lipinski definition) is 1. The molecule has 0 aromatic heterocycles. The van der Waals surface area contributed by atoms with Crippen molar-refractivity contribution in [3.8, 4) is 0 Å². The van der Waals surface area contributed by atoms with E-state index in [9.17, 15) is 13.2 Å². The SMILES string of the molecule is Cl.O=C(c1ccc(S(=O)(=O)N2C3CCNCC2CC3)cc1)N1CCOCC1. The van der Waals surface area contributed by atoms with E-state index in [4.69, 9.17) is 4.74 Å². The Kier molecular flexibility index (Phi) is 6.43. The molecule has 3 heterocycles. The first-order valence-corrected chi connectivity index (χ1v) is 10.7. The number of sulfonamides is 1. The van der Waals surface area contributed by atoms with Gasteiger partial charge in [-0.25, -0.2) is 8.42 Å². The first-order valence-electron chi connectivity index (χ1n) is 9.29. The van der Waals surface area contributed by atoms with Crippen LogP contribution in [0.1, 0.15) is 29.6 Å². The highest BCUT2D eigenvalue weighted by Crippen LogP contribution is 2.33. The quantitative estimate of drug-likeness (QED) is 0.799. The summed E-state index contributed by atoms with van der Waals surface area (Å²) in [6, 6.07) is 6.50. The summed E-state index contributed by atoms with van der Waals surface area (Å²) in [6.07, 6.45) is 2.69. The van der Waals surface area contributed by atoms with Gasteiger partial charge in [0.25, 0.3) is 5.91 Å². The maximum absolute atomic E-state index is 13.2. The monoisotopic (exact) mass is 415 g/mol. The second kappa shape index (κ2) is 8.45. The van der Waals surface area contributed by atoms with E-state index >= 15 is 0 Å². The lowest BCUT2D eigenvalue weighted by Crippen LogP contribution is -2.42. The molecule has 9 heteroatoms. The zero-order chi connectivity index (χ0) is 18.1. The predicted octanol–water partition coefficient (Wildman–Crippen LogP) is 1.10. The number of ether oxygens (including phenoxy) is 1. The maximum atomic E-state index is 13.2. The number of nitrogens with zero attached hydrogens (tertiary/aromatic N) is 2. The highest BCUT2D eigenvalue weighted by atomic mass is 35.5. The lowest BCUT2D eigenvalue weighted by molar-refractivity contribution is 0.0303. The molecule has 0 spiro atoms. The van der Waals surface area contributed by atoms with E-state index < -0.39 is 10.0 Å². The molecule has 3 saturated heterocycles. The molecule has 27 heavy (non-hydrogen) atoms. The maximum Gasteiger partial charge on any atom is 0.254 e. The number of carbonyl (C=O) groups is 1. The van der Waals surface area contributed by atoms with Crippen molar-refractivity contribution in [1.82, 2.24) is 14.5 Å². The van der Waals surface area contributed by atoms with Crippen LogP contribution in [0.4, 0.5) is 0 Å². The van der Waals surface area contributed by atoms with Gasteiger partial charge >= 0.3 is 0 Å². The lowest BCUT2D eigenvalue weighted by Gasteiger charge is -2.28. The summed E-state index contributed by atoms with van der Waals surface area (Å²) in [5.74, 6) is -0.0729. The molecule has 1 N–H and O–H groups in total. The van der Waals surface area contributed by atoms with Gasteiger partial charge in [0.15, 0.2) is 0 Å². The van der Waals surface area contributed by atoms with Crippen molar-refractivity contribution < 1.29 is 17.9 Å². The summed E-state index contributed by atoms with van der Waals surface area (Å²) >= 11 is 0. The molecule has 2 atom stereocenters. The molecule has 1 aromatic carbocycles.